The van der Waals surface area contributed by atoms with E-state index in [9.17, 15) is 13.2 Å². The predicted molar refractivity (Wildman–Crippen MR) is 100 cm³/mol. The first kappa shape index (κ1) is 19.9. The van der Waals surface area contributed by atoms with Crippen molar-refractivity contribution in [2.24, 2.45) is 0 Å². The number of sulfonamides is 1. The third kappa shape index (κ3) is 5.31. The summed E-state index contributed by atoms with van der Waals surface area (Å²) in [6.45, 7) is 3.94. The van der Waals surface area contributed by atoms with Gasteiger partial charge in [0.05, 0.1) is 18.6 Å². The normalized spacial score (nSPS) is 11.4. The van der Waals surface area contributed by atoms with Gasteiger partial charge in [-0.3, -0.25) is 4.79 Å². The number of nitrogens with zero attached hydrogens (tertiary/aromatic N) is 1. The molecule has 0 unspecified atom stereocenters. The SMILES string of the molecule is COc1ccc(S(=O)(=O)NCC(=O)N(Cc2ccccc2)C(C)C)cc1. The Bertz CT molecular complexity index is 818. The summed E-state index contributed by atoms with van der Waals surface area (Å²) in [4.78, 5) is 14.3. The number of carbonyl (C=O) groups is 1. The Morgan fingerprint density at radius 1 is 1.08 bits per heavy atom. The van der Waals surface area contributed by atoms with Crippen LogP contribution in [0.2, 0.25) is 0 Å². The summed E-state index contributed by atoms with van der Waals surface area (Å²) in [5.41, 5.74) is 0.993. The third-order valence-electron chi connectivity index (χ3n) is 3.92. The van der Waals surface area contributed by atoms with Gasteiger partial charge in [0.2, 0.25) is 15.9 Å². The van der Waals surface area contributed by atoms with E-state index in [4.69, 9.17) is 4.74 Å². The molecule has 0 saturated heterocycles. The van der Waals surface area contributed by atoms with Crippen LogP contribution in [0.4, 0.5) is 0 Å². The van der Waals surface area contributed by atoms with Crippen LogP contribution in [0.5, 0.6) is 5.75 Å². The molecular weight excluding hydrogens is 352 g/mol. The molecule has 0 radical (unpaired) electrons. The third-order valence-corrected chi connectivity index (χ3v) is 5.34. The summed E-state index contributed by atoms with van der Waals surface area (Å²) in [5.74, 6) is 0.287. The number of ether oxygens (including phenoxy) is 1. The zero-order valence-electron chi connectivity index (χ0n) is 15.2. The average molecular weight is 376 g/mol. The highest BCUT2D eigenvalue weighted by Crippen LogP contribution is 2.15. The van der Waals surface area contributed by atoms with Crippen molar-refractivity contribution in [1.29, 1.82) is 0 Å². The first-order valence-corrected chi connectivity index (χ1v) is 9.79. The van der Waals surface area contributed by atoms with Gasteiger partial charge in [-0.25, -0.2) is 13.1 Å². The fraction of sp³-hybridized carbons (Fsp3) is 0.316. The number of methoxy groups -OCH3 is 1. The Labute approximate surface area is 154 Å². The molecule has 0 aliphatic carbocycles. The Morgan fingerprint density at radius 3 is 2.23 bits per heavy atom. The molecule has 2 aromatic rings. The monoisotopic (exact) mass is 376 g/mol. The van der Waals surface area contributed by atoms with E-state index in [1.807, 2.05) is 44.2 Å². The molecule has 6 nitrogen and oxygen atoms in total. The molecule has 0 spiro atoms. The number of benzene rings is 2. The summed E-state index contributed by atoms with van der Waals surface area (Å²) in [6.07, 6.45) is 0. The molecule has 140 valence electrons. The van der Waals surface area contributed by atoms with Crippen molar-refractivity contribution in [3.05, 3.63) is 60.2 Å². The summed E-state index contributed by atoms with van der Waals surface area (Å²) < 4.78 is 32.1. The summed E-state index contributed by atoms with van der Waals surface area (Å²) in [7, 11) is -2.26. The van der Waals surface area contributed by atoms with E-state index >= 15 is 0 Å². The number of hydrogen-bond donors (Lipinski definition) is 1. The van der Waals surface area contributed by atoms with E-state index in [0.29, 0.717) is 12.3 Å². The van der Waals surface area contributed by atoms with E-state index in [2.05, 4.69) is 4.72 Å². The van der Waals surface area contributed by atoms with Crippen LogP contribution < -0.4 is 9.46 Å². The van der Waals surface area contributed by atoms with Crippen molar-refractivity contribution in [3.8, 4) is 5.75 Å². The minimum atomic E-state index is -3.77. The molecule has 1 N–H and O–H groups in total. The highest BCUT2D eigenvalue weighted by molar-refractivity contribution is 7.89. The Kier molecular flexibility index (Phi) is 6.76. The number of hydrogen-bond acceptors (Lipinski definition) is 4. The van der Waals surface area contributed by atoms with Crippen molar-refractivity contribution in [2.75, 3.05) is 13.7 Å². The largest absolute Gasteiger partial charge is 0.497 e. The molecule has 7 heteroatoms. The maximum absolute atomic E-state index is 12.5. The highest BCUT2D eigenvalue weighted by atomic mass is 32.2. The molecule has 0 aliphatic heterocycles. The molecule has 0 fully saturated rings. The van der Waals surface area contributed by atoms with Crippen molar-refractivity contribution in [3.63, 3.8) is 0 Å². The lowest BCUT2D eigenvalue weighted by atomic mass is 10.2. The lowest BCUT2D eigenvalue weighted by molar-refractivity contribution is -0.132. The van der Waals surface area contributed by atoms with E-state index < -0.39 is 10.0 Å². The first-order chi connectivity index (χ1) is 12.3. The van der Waals surface area contributed by atoms with Gasteiger partial charge in [0, 0.05) is 12.6 Å². The van der Waals surface area contributed by atoms with Crippen LogP contribution >= 0.6 is 0 Å². The number of amides is 1. The van der Waals surface area contributed by atoms with Crippen molar-refractivity contribution in [1.82, 2.24) is 9.62 Å². The maximum Gasteiger partial charge on any atom is 0.241 e. The van der Waals surface area contributed by atoms with E-state index in [0.717, 1.165) is 5.56 Å². The topological polar surface area (TPSA) is 75.7 Å². The Balaban J connectivity index is 2.04. The summed E-state index contributed by atoms with van der Waals surface area (Å²) in [6, 6.07) is 15.6. The van der Waals surface area contributed by atoms with Gasteiger partial charge in [-0.1, -0.05) is 30.3 Å². The van der Waals surface area contributed by atoms with Crippen LogP contribution in [0.1, 0.15) is 19.4 Å². The second-order valence-electron chi connectivity index (χ2n) is 6.10. The van der Waals surface area contributed by atoms with Crippen molar-refractivity contribution >= 4 is 15.9 Å². The molecule has 0 bridgehead atoms. The Morgan fingerprint density at radius 2 is 1.69 bits per heavy atom. The van der Waals surface area contributed by atoms with Gasteiger partial charge in [-0.15, -0.1) is 0 Å². The molecule has 0 saturated carbocycles. The zero-order chi connectivity index (χ0) is 19.2. The van der Waals surface area contributed by atoms with E-state index in [1.54, 1.807) is 17.0 Å². The molecule has 2 aromatic carbocycles. The molecule has 2 rings (SSSR count). The minimum absolute atomic E-state index is 0.0480. The molecule has 0 aliphatic rings. The second kappa shape index (κ2) is 8.82. The van der Waals surface area contributed by atoms with Gasteiger partial charge in [0.1, 0.15) is 5.75 Å². The minimum Gasteiger partial charge on any atom is -0.497 e. The lowest BCUT2D eigenvalue weighted by Gasteiger charge is -2.27. The van der Waals surface area contributed by atoms with Gasteiger partial charge >= 0.3 is 0 Å². The lowest BCUT2D eigenvalue weighted by Crippen LogP contribution is -2.43. The standard InChI is InChI=1S/C19H24N2O4S/c1-15(2)21(14-16-7-5-4-6-8-16)19(22)13-20-26(23,24)18-11-9-17(25-3)10-12-18/h4-12,15,20H,13-14H2,1-3H3. The number of nitrogens with one attached hydrogen (secondary N) is 1. The van der Waals surface area contributed by atoms with Gasteiger partial charge in [-0.05, 0) is 43.7 Å². The van der Waals surface area contributed by atoms with Crippen molar-refractivity contribution in [2.45, 2.75) is 31.3 Å². The van der Waals surface area contributed by atoms with Gasteiger partial charge < -0.3 is 9.64 Å². The van der Waals surface area contributed by atoms with Crippen LogP contribution in [-0.2, 0) is 21.4 Å². The molecule has 26 heavy (non-hydrogen) atoms. The van der Waals surface area contributed by atoms with Crippen LogP contribution in [-0.4, -0.2) is 38.9 Å². The van der Waals surface area contributed by atoms with E-state index in [1.165, 1.54) is 19.2 Å². The Hall–Kier alpha value is -2.38. The average Bonchev–Trinajstić information content (AvgIpc) is 2.65. The zero-order valence-corrected chi connectivity index (χ0v) is 16.0. The quantitative estimate of drug-likeness (QED) is 0.768. The molecule has 0 atom stereocenters. The summed E-state index contributed by atoms with van der Waals surface area (Å²) >= 11 is 0. The maximum atomic E-state index is 12.5. The summed E-state index contributed by atoms with van der Waals surface area (Å²) in [5, 5.41) is 0. The number of carbonyl (C=O) groups excluding carboxylic acids is 1. The van der Waals surface area contributed by atoms with Gasteiger partial charge in [0.25, 0.3) is 0 Å². The van der Waals surface area contributed by atoms with Gasteiger partial charge in [-0.2, -0.15) is 0 Å². The molecule has 1 amide bonds. The van der Waals surface area contributed by atoms with E-state index in [-0.39, 0.29) is 23.4 Å². The first-order valence-electron chi connectivity index (χ1n) is 8.30. The van der Waals surface area contributed by atoms with Crippen molar-refractivity contribution < 1.29 is 17.9 Å². The number of rotatable bonds is 8. The second-order valence-corrected chi connectivity index (χ2v) is 7.87. The van der Waals surface area contributed by atoms with Gasteiger partial charge in [0.15, 0.2) is 0 Å². The fourth-order valence-electron chi connectivity index (χ4n) is 2.44. The van der Waals surface area contributed by atoms with Crippen LogP contribution in [0.25, 0.3) is 0 Å². The molecule has 0 aromatic heterocycles. The smallest absolute Gasteiger partial charge is 0.241 e. The molecule has 0 heterocycles. The van der Waals surface area contributed by atoms with Crippen LogP contribution in [0, 0.1) is 0 Å². The van der Waals surface area contributed by atoms with Crippen LogP contribution in [0.15, 0.2) is 59.5 Å². The molecular formula is C19H24N2O4S. The van der Waals surface area contributed by atoms with Crippen LogP contribution in [0.3, 0.4) is 0 Å². The highest BCUT2D eigenvalue weighted by Gasteiger charge is 2.21. The predicted octanol–water partition coefficient (Wildman–Crippen LogP) is 2.41. The fourth-order valence-corrected chi connectivity index (χ4v) is 3.41.